The van der Waals surface area contributed by atoms with Gasteiger partial charge in [0.2, 0.25) is 0 Å². The number of aromatic nitrogens is 1. The molecule has 0 atom stereocenters. The predicted molar refractivity (Wildman–Crippen MR) is 135 cm³/mol. The van der Waals surface area contributed by atoms with Gasteiger partial charge in [0.1, 0.15) is 23.0 Å². The molecule has 2 aromatic rings. The molecule has 5 rings (SSSR count). The van der Waals surface area contributed by atoms with Crippen LogP contribution in [0, 0.1) is 0 Å². The lowest BCUT2D eigenvalue weighted by Gasteiger charge is -2.42. The minimum Gasteiger partial charge on any atom is -0.458 e. The highest BCUT2D eigenvalue weighted by Gasteiger charge is 2.38. The van der Waals surface area contributed by atoms with E-state index in [2.05, 4.69) is 12.0 Å². The van der Waals surface area contributed by atoms with E-state index in [1.165, 1.54) is 42.6 Å². The van der Waals surface area contributed by atoms with Crippen LogP contribution in [0.2, 0.25) is 0 Å². The first-order valence-electron chi connectivity index (χ1n) is 12.6. The summed E-state index contributed by atoms with van der Waals surface area (Å²) in [7, 11) is 2.39. The summed E-state index contributed by atoms with van der Waals surface area (Å²) in [6.07, 6.45) is 13.4. The van der Waals surface area contributed by atoms with Crippen molar-refractivity contribution >= 4 is 5.91 Å². The van der Waals surface area contributed by atoms with Crippen LogP contribution in [0.4, 0.5) is 4.39 Å². The van der Waals surface area contributed by atoms with Crippen LogP contribution in [0.15, 0.2) is 78.5 Å². The SMILES string of the molecule is C[N+]1(C2CCN(C(=O)c3cc(-c4ccc(OC5=CCC=C(F)C=C5)cc4)ccn3)CC2)CCCC1. The van der Waals surface area contributed by atoms with E-state index >= 15 is 0 Å². The minimum absolute atomic E-state index is 0.0160. The molecule has 3 aliphatic rings. The number of allylic oxidation sites excluding steroid dienone is 5. The summed E-state index contributed by atoms with van der Waals surface area (Å²) in [6.45, 7) is 4.16. The first-order chi connectivity index (χ1) is 17.0. The molecule has 2 saturated heterocycles. The van der Waals surface area contributed by atoms with Crippen LogP contribution < -0.4 is 4.74 Å². The quantitative estimate of drug-likeness (QED) is 0.525. The Balaban J connectivity index is 1.22. The van der Waals surface area contributed by atoms with Crippen LogP contribution in [0.25, 0.3) is 11.1 Å². The Labute approximate surface area is 206 Å². The Kier molecular flexibility index (Phi) is 6.82. The second kappa shape index (κ2) is 10.2. The van der Waals surface area contributed by atoms with Crippen molar-refractivity contribution in [2.24, 2.45) is 0 Å². The number of amides is 1. The summed E-state index contributed by atoms with van der Waals surface area (Å²) in [5, 5.41) is 0. The van der Waals surface area contributed by atoms with Crippen molar-refractivity contribution in [3.05, 3.63) is 84.2 Å². The maximum absolute atomic E-state index is 13.4. The molecule has 6 heteroatoms. The first kappa shape index (κ1) is 23.5. The maximum Gasteiger partial charge on any atom is 0.272 e. The van der Waals surface area contributed by atoms with Gasteiger partial charge in [0.15, 0.2) is 0 Å². The number of carbonyl (C=O) groups is 1. The minimum atomic E-state index is -0.259. The fraction of sp³-hybridized carbons (Fsp3) is 0.379. The molecule has 1 aromatic carbocycles. The number of nitrogens with zero attached hydrogens (tertiary/aromatic N) is 3. The van der Waals surface area contributed by atoms with E-state index in [0.717, 1.165) is 37.1 Å². The fourth-order valence-electron chi connectivity index (χ4n) is 5.52. The number of rotatable bonds is 5. The summed E-state index contributed by atoms with van der Waals surface area (Å²) in [5.41, 5.74) is 2.42. The molecule has 0 radical (unpaired) electrons. The standard InChI is InChI=1S/C29H33FN3O2/c1-33(19-2-3-20-33)25-14-17-32(18-15-25)29(34)28-21-23(13-16-31-28)22-7-10-27(11-8-22)35-26-6-4-5-24(30)9-12-26/h5-13,16,21,25H,2-4,14-15,17-20H2,1H3/q+1. The van der Waals surface area contributed by atoms with Crippen LogP contribution in [0.5, 0.6) is 5.75 Å². The number of benzene rings is 1. The number of hydrogen-bond acceptors (Lipinski definition) is 3. The highest BCUT2D eigenvalue weighted by Crippen LogP contribution is 2.29. The predicted octanol–water partition coefficient (Wildman–Crippen LogP) is 5.67. The topological polar surface area (TPSA) is 42.4 Å². The highest BCUT2D eigenvalue weighted by molar-refractivity contribution is 5.93. The second-order valence-electron chi connectivity index (χ2n) is 9.98. The van der Waals surface area contributed by atoms with Crippen molar-refractivity contribution in [2.75, 3.05) is 33.2 Å². The molecule has 1 aliphatic carbocycles. The Bertz CT molecular complexity index is 1150. The number of halogens is 1. The maximum atomic E-state index is 13.4. The number of pyridine rings is 1. The number of likely N-dealkylation sites (tertiary alicyclic amines) is 2. The lowest BCUT2D eigenvalue weighted by molar-refractivity contribution is -0.923. The fourth-order valence-corrected chi connectivity index (χ4v) is 5.52. The summed E-state index contributed by atoms with van der Waals surface area (Å²) >= 11 is 0. The molecular weight excluding hydrogens is 441 g/mol. The van der Waals surface area contributed by atoms with Crippen molar-refractivity contribution in [1.82, 2.24) is 9.88 Å². The lowest BCUT2D eigenvalue weighted by Crippen LogP contribution is -2.55. The van der Waals surface area contributed by atoms with Gasteiger partial charge >= 0.3 is 0 Å². The molecule has 35 heavy (non-hydrogen) atoms. The van der Waals surface area contributed by atoms with Gasteiger partial charge in [0.25, 0.3) is 5.91 Å². The zero-order chi connectivity index (χ0) is 24.3. The summed E-state index contributed by atoms with van der Waals surface area (Å²) < 4.78 is 20.4. The van der Waals surface area contributed by atoms with E-state index in [9.17, 15) is 9.18 Å². The van der Waals surface area contributed by atoms with Gasteiger partial charge in [0, 0.05) is 45.0 Å². The molecule has 2 fully saturated rings. The molecular formula is C29H33FN3O2+. The Morgan fingerprint density at radius 2 is 1.77 bits per heavy atom. The molecule has 1 amide bonds. The molecule has 0 N–H and O–H groups in total. The van der Waals surface area contributed by atoms with Crippen LogP contribution in [-0.2, 0) is 0 Å². The van der Waals surface area contributed by atoms with Crippen molar-refractivity contribution in [2.45, 2.75) is 38.1 Å². The van der Waals surface area contributed by atoms with Gasteiger partial charge in [-0.05, 0) is 66.1 Å². The number of carbonyl (C=O) groups excluding carboxylic acids is 1. The molecule has 0 bridgehead atoms. The smallest absolute Gasteiger partial charge is 0.272 e. The van der Waals surface area contributed by atoms with Gasteiger partial charge in [-0.1, -0.05) is 12.1 Å². The van der Waals surface area contributed by atoms with Crippen LogP contribution in [0.1, 0.15) is 42.6 Å². The summed E-state index contributed by atoms with van der Waals surface area (Å²) in [5.74, 6) is 1.05. The third-order valence-corrected chi connectivity index (χ3v) is 7.66. The molecule has 0 spiro atoms. The molecule has 0 saturated carbocycles. The van der Waals surface area contributed by atoms with Gasteiger partial charge in [-0.2, -0.15) is 0 Å². The van der Waals surface area contributed by atoms with Crippen molar-refractivity contribution in [3.63, 3.8) is 0 Å². The van der Waals surface area contributed by atoms with Crippen molar-refractivity contribution < 1.29 is 18.4 Å². The Morgan fingerprint density at radius 3 is 2.51 bits per heavy atom. The van der Waals surface area contributed by atoms with Crippen molar-refractivity contribution in [3.8, 4) is 16.9 Å². The van der Waals surface area contributed by atoms with Gasteiger partial charge in [0.05, 0.1) is 26.2 Å². The molecule has 1 aromatic heterocycles. The van der Waals surface area contributed by atoms with E-state index in [1.807, 2.05) is 47.4 Å². The van der Waals surface area contributed by atoms with E-state index in [0.29, 0.717) is 29.7 Å². The van der Waals surface area contributed by atoms with E-state index in [4.69, 9.17) is 4.74 Å². The van der Waals surface area contributed by atoms with Crippen molar-refractivity contribution in [1.29, 1.82) is 0 Å². The first-order valence-corrected chi connectivity index (χ1v) is 12.6. The number of quaternary nitrogens is 1. The van der Waals surface area contributed by atoms with Crippen LogP contribution >= 0.6 is 0 Å². The van der Waals surface area contributed by atoms with Gasteiger partial charge < -0.3 is 14.1 Å². The second-order valence-corrected chi connectivity index (χ2v) is 9.98. The molecule has 0 unspecified atom stereocenters. The highest BCUT2D eigenvalue weighted by atomic mass is 19.1. The number of ether oxygens (including phenoxy) is 1. The Hall–Kier alpha value is -3.25. The lowest BCUT2D eigenvalue weighted by atomic mass is 10.0. The largest absolute Gasteiger partial charge is 0.458 e. The average molecular weight is 475 g/mol. The van der Waals surface area contributed by atoms with E-state index < -0.39 is 0 Å². The summed E-state index contributed by atoms with van der Waals surface area (Å²) in [6, 6.07) is 12.2. The Morgan fingerprint density at radius 1 is 1.03 bits per heavy atom. The van der Waals surface area contributed by atoms with Crippen LogP contribution in [-0.4, -0.2) is 59.5 Å². The zero-order valence-electron chi connectivity index (χ0n) is 20.3. The summed E-state index contributed by atoms with van der Waals surface area (Å²) in [4.78, 5) is 19.6. The van der Waals surface area contributed by atoms with E-state index in [1.54, 1.807) is 12.3 Å². The van der Waals surface area contributed by atoms with Gasteiger partial charge in [-0.25, -0.2) is 4.39 Å². The number of hydrogen-bond donors (Lipinski definition) is 0. The molecule has 5 nitrogen and oxygen atoms in total. The van der Waals surface area contributed by atoms with E-state index in [-0.39, 0.29) is 11.7 Å². The normalized spacial score (nSPS) is 20.2. The van der Waals surface area contributed by atoms with Crippen LogP contribution in [0.3, 0.4) is 0 Å². The monoisotopic (exact) mass is 474 g/mol. The molecule has 182 valence electrons. The number of piperidine rings is 1. The molecule has 3 heterocycles. The van der Waals surface area contributed by atoms with Gasteiger partial charge in [-0.15, -0.1) is 0 Å². The average Bonchev–Trinajstić information content (AvgIpc) is 3.24. The third-order valence-electron chi connectivity index (χ3n) is 7.66. The van der Waals surface area contributed by atoms with Gasteiger partial charge in [-0.3, -0.25) is 9.78 Å². The zero-order valence-corrected chi connectivity index (χ0v) is 20.3. The molecule has 2 aliphatic heterocycles. The third kappa shape index (κ3) is 5.38.